The number of nitro groups is 1. The van der Waals surface area contributed by atoms with Crippen LogP contribution in [0, 0.1) is 10.1 Å². The highest BCUT2D eigenvalue weighted by Crippen LogP contribution is 2.42. The van der Waals surface area contributed by atoms with Crippen LogP contribution in [0.2, 0.25) is 10.2 Å². The standard InChI is InChI=1S/C14H13Cl2N3O2/c15-10-7-3-4-8-11(10)18-14(16)13(19(20)21)12(17-18)9-5-1-2-6-9/h3-4,7-9H,1-2,5-6H2. The summed E-state index contributed by atoms with van der Waals surface area (Å²) in [5.74, 6) is 0.103. The molecular weight excluding hydrogens is 313 g/mol. The van der Waals surface area contributed by atoms with Crippen LogP contribution < -0.4 is 0 Å². The Balaban J connectivity index is 2.17. The molecule has 1 aromatic heterocycles. The van der Waals surface area contributed by atoms with Crippen molar-refractivity contribution in [2.45, 2.75) is 31.6 Å². The van der Waals surface area contributed by atoms with Gasteiger partial charge in [-0.2, -0.15) is 5.10 Å². The summed E-state index contributed by atoms with van der Waals surface area (Å²) in [4.78, 5) is 10.9. The van der Waals surface area contributed by atoms with E-state index >= 15 is 0 Å². The Morgan fingerprint density at radius 3 is 2.52 bits per heavy atom. The maximum Gasteiger partial charge on any atom is 0.329 e. The van der Waals surface area contributed by atoms with Crippen molar-refractivity contribution < 1.29 is 4.92 Å². The molecule has 0 unspecified atom stereocenters. The number of nitrogens with zero attached hydrogens (tertiary/aromatic N) is 3. The predicted octanol–water partition coefficient (Wildman–Crippen LogP) is 4.74. The van der Waals surface area contributed by atoms with Crippen molar-refractivity contribution in [2.75, 3.05) is 0 Å². The lowest BCUT2D eigenvalue weighted by atomic mass is 10.0. The van der Waals surface area contributed by atoms with Gasteiger partial charge in [-0.25, -0.2) is 4.68 Å². The highest BCUT2D eigenvalue weighted by atomic mass is 35.5. The quantitative estimate of drug-likeness (QED) is 0.604. The molecule has 1 aliphatic carbocycles. The van der Waals surface area contributed by atoms with Crippen molar-refractivity contribution in [3.63, 3.8) is 0 Å². The van der Waals surface area contributed by atoms with E-state index in [0.717, 1.165) is 25.7 Å². The zero-order valence-corrected chi connectivity index (χ0v) is 12.6. The average Bonchev–Trinajstić information content (AvgIpc) is 3.06. The number of hydrogen-bond donors (Lipinski definition) is 0. The molecule has 1 heterocycles. The number of rotatable bonds is 3. The largest absolute Gasteiger partial charge is 0.329 e. The predicted molar refractivity (Wildman–Crippen MR) is 81.4 cm³/mol. The number of halogens is 2. The molecule has 0 spiro atoms. The Hall–Kier alpha value is -1.59. The van der Waals surface area contributed by atoms with Crippen molar-refractivity contribution in [2.24, 2.45) is 0 Å². The molecule has 1 aromatic carbocycles. The number of benzene rings is 1. The molecule has 1 fully saturated rings. The van der Waals surface area contributed by atoms with Gasteiger partial charge < -0.3 is 0 Å². The summed E-state index contributed by atoms with van der Waals surface area (Å²) >= 11 is 12.4. The first-order valence-electron chi connectivity index (χ1n) is 6.77. The Kier molecular flexibility index (Phi) is 3.87. The van der Waals surface area contributed by atoms with E-state index in [1.54, 1.807) is 24.3 Å². The Morgan fingerprint density at radius 2 is 1.90 bits per heavy atom. The molecule has 2 aromatic rings. The van der Waals surface area contributed by atoms with E-state index in [4.69, 9.17) is 23.2 Å². The van der Waals surface area contributed by atoms with Gasteiger partial charge in [-0.05, 0) is 25.0 Å². The van der Waals surface area contributed by atoms with Gasteiger partial charge in [-0.15, -0.1) is 0 Å². The van der Waals surface area contributed by atoms with Gasteiger partial charge in [0, 0.05) is 5.92 Å². The smallest absolute Gasteiger partial charge is 0.258 e. The van der Waals surface area contributed by atoms with Crippen LogP contribution >= 0.6 is 23.2 Å². The third-order valence-corrected chi connectivity index (χ3v) is 4.50. The van der Waals surface area contributed by atoms with Gasteiger partial charge in [-0.3, -0.25) is 10.1 Å². The maximum atomic E-state index is 11.4. The lowest BCUT2D eigenvalue weighted by Crippen LogP contribution is -2.00. The molecule has 0 aliphatic heterocycles. The third kappa shape index (κ3) is 2.51. The van der Waals surface area contributed by atoms with E-state index in [9.17, 15) is 10.1 Å². The summed E-state index contributed by atoms with van der Waals surface area (Å²) in [6, 6.07) is 7.02. The van der Waals surface area contributed by atoms with Gasteiger partial charge >= 0.3 is 5.69 Å². The first-order valence-corrected chi connectivity index (χ1v) is 7.53. The monoisotopic (exact) mass is 325 g/mol. The third-order valence-electron chi connectivity index (χ3n) is 3.84. The molecule has 0 amide bonds. The molecule has 0 atom stereocenters. The molecule has 5 nitrogen and oxygen atoms in total. The molecule has 0 radical (unpaired) electrons. The van der Waals surface area contributed by atoms with Crippen LogP contribution in [0.4, 0.5) is 5.69 Å². The normalized spacial score (nSPS) is 15.5. The minimum absolute atomic E-state index is 0.00926. The summed E-state index contributed by atoms with van der Waals surface area (Å²) < 4.78 is 1.37. The number of para-hydroxylation sites is 1. The van der Waals surface area contributed by atoms with Crippen molar-refractivity contribution in [1.29, 1.82) is 0 Å². The van der Waals surface area contributed by atoms with Crippen LogP contribution in [0.25, 0.3) is 5.69 Å². The molecule has 1 aliphatic rings. The Morgan fingerprint density at radius 1 is 1.24 bits per heavy atom. The molecule has 21 heavy (non-hydrogen) atoms. The van der Waals surface area contributed by atoms with E-state index in [-0.39, 0.29) is 16.8 Å². The fraction of sp³-hybridized carbons (Fsp3) is 0.357. The van der Waals surface area contributed by atoms with Crippen LogP contribution in [0.3, 0.4) is 0 Å². The zero-order chi connectivity index (χ0) is 15.0. The fourth-order valence-electron chi connectivity index (χ4n) is 2.83. The molecule has 3 rings (SSSR count). The van der Waals surface area contributed by atoms with Crippen LogP contribution in [0.1, 0.15) is 37.3 Å². The first-order chi connectivity index (χ1) is 10.1. The van der Waals surface area contributed by atoms with Gasteiger partial charge in [0.1, 0.15) is 5.69 Å². The zero-order valence-electron chi connectivity index (χ0n) is 11.1. The Labute approximate surface area is 131 Å². The van der Waals surface area contributed by atoms with Crippen molar-refractivity contribution in [3.8, 4) is 5.69 Å². The molecule has 0 saturated heterocycles. The van der Waals surface area contributed by atoms with Crippen LogP contribution in [0.5, 0.6) is 0 Å². The second-order valence-electron chi connectivity index (χ2n) is 5.13. The van der Waals surface area contributed by atoms with E-state index < -0.39 is 4.92 Å². The summed E-state index contributed by atoms with van der Waals surface area (Å²) in [6.45, 7) is 0. The van der Waals surface area contributed by atoms with Gasteiger partial charge in [0.15, 0.2) is 0 Å². The van der Waals surface area contributed by atoms with E-state index in [2.05, 4.69) is 5.10 Å². The topological polar surface area (TPSA) is 61.0 Å². The minimum Gasteiger partial charge on any atom is -0.258 e. The Bertz CT molecular complexity index is 694. The summed E-state index contributed by atoms with van der Waals surface area (Å²) in [5.41, 5.74) is 0.933. The second kappa shape index (κ2) is 5.66. The van der Waals surface area contributed by atoms with E-state index in [1.807, 2.05) is 0 Å². The van der Waals surface area contributed by atoms with Gasteiger partial charge in [0.2, 0.25) is 5.15 Å². The highest BCUT2D eigenvalue weighted by Gasteiger charge is 2.34. The number of aromatic nitrogens is 2. The van der Waals surface area contributed by atoms with Crippen molar-refractivity contribution in [3.05, 3.63) is 50.2 Å². The van der Waals surface area contributed by atoms with Gasteiger partial charge in [0.05, 0.1) is 15.6 Å². The van der Waals surface area contributed by atoms with Crippen LogP contribution in [-0.2, 0) is 0 Å². The molecule has 0 bridgehead atoms. The van der Waals surface area contributed by atoms with Gasteiger partial charge in [-0.1, -0.05) is 48.2 Å². The number of hydrogen-bond acceptors (Lipinski definition) is 3. The van der Waals surface area contributed by atoms with Crippen LogP contribution in [-0.4, -0.2) is 14.7 Å². The molecular formula is C14H13Cl2N3O2. The second-order valence-corrected chi connectivity index (χ2v) is 5.89. The molecule has 1 saturated carbocycles. The molecule has 7 heteroatoms. The van der Waals surface area contributed by atoms with E-state index in [1.165, 1.54) is 4.68 Å². The summed E-state index contributed by atoms with van der Waals surface area (Å²) in [5, 5.41) is 16.2. The summed E-state index contributed by atoms with van der Waals surface area (Å²) in [6.07, 6.45) is 3.96. The van der Waals surface area contributed by atoms with Crippen molar-refractivity contribution in [1.82, 2.24) is 9.78 Å². The fourth-order valence-corrected chi connectivity index (χ4v) is 3.34. The highest BCUT2D eigenvalue weighted by molar-refractivity contribution is 6.34. The lowest BCUT2D eigenvalue weighted by molar-refractivity contribution is -0.385. The lowest BCUT2D eigenvalue weighted by Gasteiger charge is -2.05. The van der Waals surface area contributed by atoms with E-state index in [0.29, 0.717) is 16.4 Å². The molecule has 0 N–H and O–H groups in total. The van der Waals surface area contributed by atoms with Crippen LogP contribution in [0.15, 0.2) is 24.3 Å². The maximum absolute atomic E-state index is 11.4. The summed E-state index contributed by atoms with van der Waals surface area (Å²) in [7, 11) is 0. The SMILES string of the molecule is O=[N+]([O-])c1c(C2CCCC2)nn(-c2ccccc2Cl)c1Cl. The minimum atomic E-state index is -0.448. The molecule has 110 valence electrons. The first kappa shape index (κ1) is 14.4. The van der Waals surface area contributed by atoms with Gasteiger partial charge in [0.25, 0.3) is 0 Å². The average molecular weight is 326 g/mol. The van der Waals surface area contributed by atoms with Crippen molar-refractivity contribution >= 4 is 28.9 Å².